The topological polar surface area (TPSA) is 47.1 Å². The van der Waals surface area contributed by atoms with Gasteiger partial charge in [-0.15, -0.1) is 0 Å². The van der Waals surface area contributed by atoms with Crippen LogP contribution in [-0.2, 0) is 6.54 Å². The quantitative estimate of drug-likeness (QED) is 0.850. The van der Waals surface area contributed by atoms with E-state index in [1.165, 1.54) is 5.56 Å². The van der Waals surface area contributed by atoms with Crippen LogP contribution in [0.3, 0.4) is 0 Å². The number of benzene rings is 1. The summed E-state index contributed by atoms with van der Waals surface area (Å²) in [6.45, 7) is 7.29. The van der Waals surface area contributed by atoms with Gasteiger partial charge in [0.05, 0.1) is 5.69 Å². The smallest absolute Gasteiger partial charge is 0.0764 e. The van der Waals surface area contributed by atoms with Crippen molar-refractivity contribution in [2.75, 3.05) is 12.8 Å². The van der Waals surface area contributed by atoms with Crippen LogP contribution in [0.4, 0.5) is 5.69 Å². The Kier molecular flexibility index (Phi) is 4.45. The molecule has 0 saturated heterocycles. The average molecular weight is 272 g/mol. The van der Waals surface area contributed by atoms with Crippen LogP contribution in [0.5, 0.6) is 0 Å². The Hall–Kier alpha value is -1.81. The summed E-state index contributed by atoms with van der Waals surface area (Å²) >= 11 is 0. The highest BCUT2D eigenvalue weighted by molar-refractivity contribution is 5.41. The molecular formula is C16H24N4. The summed E-state index contributed by atoms with van der Waals surface area (Å²) < 4.78 is 1.99. The first-order chi connectivity index (χ1) is 9.47. The van der Waals surface area contributed by atoms with Gasteiger partial charge in [0.2, 0.25) is 0 Å². The predicted octanol–water partition coefficient (Wildman–Crippen LogP) is 3.24. The van der Waals surface area contributed by atoms with Crippen molar-refractivity contribution in [2.45, 2.75) is 39.4 Å². The van der Waals surface area contributed by atoms with E-state index in [1.54, 1.807) is 0 Å². The Morgan fingerprint density at radius 1 is 1.25 bits per heavy atom. The van der Waals surface area contributed by atoms with Crippen LogP contribution in [0, 0.1) is 0 Å². The van der Waals surface area contributed by atoms with Crippen LogP contribution >= 0.6 is 0 Å². The van der Waals surface area contributed by atoms with Crippen molar-refractivity contribution in [2.24, 2.45) is 0 Å². The van der Waals surface area contributed by atoms with Crippen molar-refractivity contribution in [1.82, 2.24) is 14.7 Å². The van der Waals surface area contributed by atoms with Gasteiger partial charge in [-0.1, -0.05) is 12.1 Å². The van der Waals surface area contributed by atoms with Crippen LogP contribution in [0.25, 0.3) is 0 Å². The molecule has 2 N–H and O–H groups in total. The Morgan fingerprint density at radius 3 is 2.60 bits per heavy atom. The van der Waals surface area contributed by atoms with Gasteiger partial charge in [0.25, 0.3) is 0 Å². The van der Waals surface area contributed by atoms with Crippen LogP contribution in [0.15, 0.2) is 36.5 Å². The van der Waals surface area contributed by atoms with Gasteiger partial charge in [0.1, 0.15) is 0 Å². The number of aromatic nitrogens is 2. The zero-order valence-corrected chi connectivity index (χ0v) is 12.7. The summed E-state index contributed by atoms with van der Waals surface area (Å²) in [6, 6.07) is 10.9. The maximum atomic E-state index is 5.85. The molecule has 20 heavy (non-hydrogen) atoms. The number of anilines is 1. The molecule has 0 amide bonds. The fraction of sp³-hybridized carbons (Fsp3) is 0.438. The minimum Gasteiger partial charge on any atom is -0.399 e. The first kappa shape index (κ1) is 14.6. The summed E-state index contributed by atoms with van der Waals surface area (Å²) in [5.74, 6) is 0. The number of nitrogen functional groups attached to an aromatic ring is 1. The van der Waals surface area contributed by atoms with Crippen LogP contribution < -0.4 is 5.73 Å². The molecule has 1 aromatic carbocycles. The Morgan fingerprint density at radius 2 is 2.00 bits per heavy atom. The number of rotatable bonds is 5. The van der Waals surface area contributed by atoms with Gasteiger partial charge >= 0.3 is 0 Å². The van der Waals surface area contributed by atoms with E-state index < -0.39 is 0 Å². The van der Waals surface area contributed by atoms with Crippen molar-refractivity contribution >= 4 is 5.69 Å². The summed E-state index contributed by atoms with van der Waals surface area (Å²) in [6.07, 6.45) is 2.04. The van der Waals surface area contributed by atoms with Crippen molar-refractivity contribution in [3.8, 4) is 0 Å². The number of hydrogen-bond acceptors (Lipinski definition) is 3. The molecule has 1 atom stereocenters. The van der Waals surface area contributed by atoms with Crippen molar-refractivity contribution < 1.29 is 0 Å². The molecular weight excluding hydrogens is 248 g/mol. The van der Waals surface area contributed by atoms with E-state index in [0.717, 1.165) is 17.9 Å². The van der Waals surface area contributed by atoms with Crippen molar-refractivity contribution in [3.05, 3.63) is 47.8 Å². The highest BCUT2D eigenvalue weighted by atomic mass is 15.3. The zero-order chi connectivity index (χ0) is 14.7. The van der Waals surface area contributed by atoms with Gasteiger partial charge in [0, 0.05) is 30.5 Å². The molecule has 4 heteroatoms. The molecule has 108 valence electrons. The van der Waals surface area contributed by atoms with E-state index in [0.29, 0.717) is 12.1 Å². The van der Waals surface area contributed by atoms with Gasteiger partial charge in [-0.25, -0.2) is 0 Å². The number of nitrogens with zero attached hydrogens (tertiary/aromatic N) is 3. The minimum absolute atomic E-state index is 0.308. The SMILES string of the molecule is CC(c1cccc(N)c1)N(C)Cc1ccn(C(C)C)n1. The largest absolute Gasteiger partial charge is 0.399 e. The second kappa shape index (κ2) is 6.09. The van der Waals surface area contributed by atoms with E-state index in [4.69, 9.17) is 5.73 Å². The molecule has 2 aromatic rings. The van der Waals surface area contributed by atoms with Crippen LogP contribution in [0.1, 0.15) is 44.1 Å². The highest BCUT2D eigenvalue weighted by Gasteiger charge is 2.13. The van der Waals surface area contributed by atoms with E-state index in [2.05, 4.69) is 50.0 Å². The second-order valence-electron chi connectivity index (χ2n) is 5.64. The lowest BCUT2D eigenvalue weighted by Crippen LogP contribution is -2.22. The van der Waals surface area contributed by atoms with Crippen LogP contribution in [-0.4, -0.2) is 21.7 Å². The van der Waals surface area contributed by atoms with Gasteiger partial charge in [-0.05, 0) is 51.6 Å². The molecule has 0 saturated carbocycles. The standard InChI is InChI=1S/C16H24N4/c1-12(2)20-9-8-16(18-20)11-19(4)13(3)14-6-5-7-15(17)10-14/h5-10,12-13H,11,17H2,1-4H3. The first-order valence-electron chi connectivity index (χ1n) is 7.07. The molecule has 0 radical (unpaired) electrons. The zero-order valence-electron chi connectivity index (χ0n) is 12.7. The lowest BCUT2D eigenvalue weighted by Gasteiger charge is -2.24. The van der Waals surface area contributed by atoms with E-state index in [1.807, 2.05) is 29.1 Å². The van der Waals surface area contributed by atoms with Crippen molar-refractivity contribution in [3.63, 3.8) is 0 Å². The summed E-state index contributed by atoms with van der Waals surface area (Å²) in [7, 11) is 2.11. The maximum Gasteiger partial charge on any atom is 0.0764 e. The lowest BCUT2D eigenvalue weighted by molar-refractivity contribution is 0.249. The minimum atomic E-state index is 0.308. The fourth-order valence-electron chi connectivity index (χ4n) is 2.22. The van der Waals surface area contributed by atoms with E-state index in [9.17, 15) is 0 Å². The molecule has 2 rings (SSSR count). The molecule has 0 spiro atoms. The number of nitrogens with two attached hydrogens (primary N) is 1. The van der Waals surface area contributed by atoms with Gasteiger partial charge in [-0.3, -0.25) is 9.58 Å². The average Bonchev–Trinajstić information content (AvgIpc) is 2.86. The summed E-state index contributed by atoms with van der Waals surface area (Å²) in [4.78, 5) is 2.28. The third kappa shape index (κ3) is 3.39. The molecule has 0 aliphatic rings. The third-order valence-electron chi connectivity index (χ3n) is 3.66. The fourth-order valence-corrected chi connectivity index (χ4v) is 2.22. The lowest BCUT2D eigenvalue weighted by atomic mass is 10.1. The van der Waals surface area contributed by atoms with Gasteiger partial charge in [-0.2, -0.15) is 5.10 Å². The van der Waals surface area contributed by atoms with Crippen molar-refractivity contribution in [1.29, 1.82) is 0 Å². The molecule has 1 heterocycles. The van der Waals surface area contributed by atoms with E-state index in [-0.39, 0.29) is 0 Å². The first-order valence-corrected chi connectivity index (χ1v) is 7.07. The Bertz CT molecular complexity index is 559. The molecule has 0 aliphatic heterocycles. The van der Waals surface area contributed by atoms with Gasteiger partial charge < -0.3 is 5.73 Å². The molecule has 4 nitrogen and oxygen atoms in total. The predicted molar refractivity (Wildman–Crippen MR) is 83.3 cm³/mol. The number of hydrogen-bond donors (Lipinski definition) is 1. The molecule has 0 aliphatic carbocycles. The molecule has 1 aromatic heterocycles. The maximum absolute atomic E-state index is 5.85. The normalized spacial score (nSPS) is 13.1. The Balaban J connectivity index is 2.05. The van der Waals surface area contributed by atoms with Crippen LogP contribution in [0.2, 0.25) is 0 Å². The molecule has 1 unspecified atom stereocenters. The monoisotopic (exact) mass is 272 g/mol. The molecule has 0 bridgehead atoms. The second-order valence-corrected chi connectivity index (χ2v) is 5.64. The van der Waals surface area contributed by atoms with E-state index >= 15 is 0 Å². The molecule has 0 fully saturated rings. The van der Waals surface area contributed by atoms with Gasteiger partial charge in [0.15, 0.2) is 0 Å². The highest BCUT2D eigenvalue weighted by Crippen LogP contribution is 2.22. The third-order valence-corrected chi connectivity index (χ3v) is 3.66. The summed E-state index contributed by atoms with van der Waals surface area (Å²) in [5, 5.41) is 4.59. The Labute approximate surface area is 121 Å². The summed E-state index contributed by atoms with van der Waals surface area (Å²) in [5.41, 5.74) is 8.99.